The third kappa shape index (κ3) is 2.26. The van der Waals surface area contributed by atoms with E-state index in [0.29, 0.717) is 18.8 Å². The van der Waals surface area contributed by atoms with Crippen molar-refractivity contribution in [3.63, 3.8) is 0 Å². The van der Waals surface area contributed by atoms with Crippen LogP contribution >= 0.6 is 11.6 Å². The van der Waals surface area contributed by atoms with Gasteiger partial charge < -0.3 is 14.9 Å². The molecule has 1 aliphatic rings. The summed E-state index contributed by atoms with van der Waals surface area (Å²) in [5.41, 5.74) is 0.549. The fraction of sp³-hybridized carbons (Fsp3) is 0.333. The van der Waals surface area contributed by atoms with E-state index in [1.54, 1.807) is 29.0 Å². The molecule has 0 radical (unpaired) electrons. The van der Waals surface area contributed by atoms with Crippen molar-refractivity contribution in [3.05, 3.63) is 28.8 Å². The minimum atomic E-state index is -1.08. The van der Waals surface area contributed by atoms with Crippen LogP contribution in [-0.4, -0.2) is 48.6 Å². The molecular formula is C12H13ClN2O3. The van der Waals surface area contributed by atoms with Gasteiger partial charge in [-0.25, -0.2) is 4.79 Å². The highest BCUT2D eigenvalue weighted by Crippen LogP contribution is 2.28. The molecule has 0 saturated carbocycles. The maximum absolute atomic E-state index is 11.6. The average Bonchev–Trinajstić information content (AvgIpc) is 2.32. The quantitative estimate of drug-likeness (QED) is 0.879. The van der Waals surface area contributed by atoms with Crippen molar-refractivity contribution >= 4 is 29.2 Å². The van der Waals surface area contributed by atoms with Gasteiger partial charge in [0.2, 0.25) is 5.91 Å². The van der Waals surface area contributed by atoms with Crippen LogP contribution in [0.4, 0.5) is 5.69 Å². The first-order chi connectivity index (χ1) is 8.50. The normalized spacial score (nSPS) is 16.0. The molecule has 0 unspecified atom stereocenters. The van der Waals surface area contributed by atoms with Gasteiger partial charge in [0, 0.05) is 20.1 Å². The van der Waals surface area contributed by atoms with E-state index in [1.165, 1.54) is 6.07 Å². The highest BCUT2D eigenvalue weighted by molar-refractivity contribution is 6.34. The number of carboxylic acid groups (broad SMARTS) is 1. The van der Waals surface area contributed by atoms with Gasteiger partial charge >= 0.3 is 5.97 Å². The summed E-state index contributed by atoms with van der Waals surface area (Å²) in [7, 11) is 1.73. The molecule has 18 heavy (non-hydrogen) atoms. The lowest BCUT2D eigenvalue weighted by atomic mass is 10.1. The predicted octanol–water partition coefficient (Wildman–Crippen LogP) is 1.32. The molecule has 0 atom stereocenters. The number of likely N-dealkylation sites (N-methyl/N-ethyl adjacent to an activating group) is 1. The van der Waals surface area contributed by atoms with E-state index in [4.69, 9.17) is 11.6 Å². The Morgan fingerprint density at radius 1 is 1.39 bits per heavy atom. The second-order valence-electron chi connectivity index (χ2n) is 4.18. The summed E-state index contributed by atoms with van der Waals surface area (Å²) in [6.07, 6.45) is 0. The second-order valence-corrected chi connectivity index (χ2v) is 4.58. The van der Waals surface area contributed by atoms with Gasteiger partial charge in [0.05, 0.1) is 17.3 Å². The van der Waals surface area contributed by atoms with Crippen LogP contribution in [0.5, 0.6) is 0 Å². The van der Waals surface area contributed by atoms with Crippen LogP contribution in [-0.2, 0) is 4.79 Å². The van der Waals surface area contributed by atoms with Crippen LogP contribution < -0.4 is 4.90 Å². The van der Waals surface area contributed by atoms with Crippen LogP contribution in [0.3, 0.4) is 0 Å². The van der Waals surface area contributed by atoms with E-state index in [0.717, 1.165) is 0 Å². The Balaban J connectivity index is 2.37. The highest BCUT2D eigenvalue weighted by atomic mass is 35.5. The molecule has 1 heterocycles. The molecule has 0 aliphatic carbocycles. The first-order valence-corrected chi connectivity index (χ1v) is 5.89. The van der Waals surface area contributed by atoms with Gasteiger partial charge in [-0.05, 0) is 12.1 Å². The number of carbonyl (C=O) groups is 2. The van der Waals surface area contributed by atoms with Gasteiger partial charge in [0.25, 0.3) is 0 Å². The number of hydrogen-bond acceptors (Lipinski definition) is 3. The van der Waals surface area contributed by atoms with Crippen molar-refractivity contribution in [2.75, 3.05) is 31.6 Å². The summed E-state index contributed by atoms with van der Waals surface area (Å²) >= 11 is 5.91. The molecule has 1 aromatic carbocycles. The Bertz CT molecular complexity index is 504. The average molecular weight is 269 g/mol. The zero-order valence-corrected chi connectivity index (χ0v) is 10.6. The summed E-state index contributed by atoms with van der Waals surface area (Å²) in [4.78, 5) is 26.2. The minimum absolute atomic E-state index is 0.0300. The zero-order chi connectivity index (χ0) is 13.3. The third-order valence-electron chi connectivity index (χ3n) is 3.00. The molecule has 0 aromatic heterocycles. The van der Waals surface area contributed by atoms with Crippen molar-refractivity contribution in [1.82, 2.24) is 4.90 Å². The van der Waals surface area contributed by atoms with E-state index < -0.39 is 5.97 Å². The molecule has 5 nitrogen and oxygen atoms in total. The zero-order valence-electron chi connectivity index (χ0n) is 9.89. The molecule has 1 aliphatic heterocycles. The fourth-order valence-corrected chi connectivity index (χ4v) is 2.20. The van der Waals surface area contributed by atoms with Gasteiger partial charge in [-0.2, -0.15) is 0 Å². The van der Waals surface area contributed by atoms with Crippen molar-refractivity contribution in [1.29, 1.82) is 0 Å². The lowest BCUT2D eigenvalue weighted by Gasteiger charge is -2.34. The Hall–Kier alpha value is -1.75. The van der Waals surface area contributed by atoms with E-state index >= 15 is 0 Å². The van der Waals surface area contributed by atoms with Crippen molar-refractivity contribution in [2.45, 2.75) is 0 Å². The Morgan fingerprint density at radius 2 is 2.11 bits per heavy atom. The number of amides is 1. The summed E-state index contributed by atoms with van der Waals surface area (Å²) in [5, 5.41) is 9.38. The van der Waals surface area contributed by atoms with Crippen molar-refractivity contribution in [3.8, 4) is 0 Å². The largest absolute Gasteiger partial charge is 0.478 e. The lowest BCUT2D eigenvalue weighted by Crippen LogP contribution is -2.49. The number of anilines is 1. The van der Waals surface area contributed by atoms with Crippen molar-refractivity contribution in [2.24, 2.45) is 0 Å². The number of rotatable bonds is 2. The van der Waals surface area contributed by atoms with Crippen LogP contribution in [0.15, 0.2) is 18.2 Å². The lowest BCUT2D eigenvalue weighted by molar-refractivity contribution is -0.129. The monoisotopic (exact) mass is 268 g/mol. The number of carboxylic acids is 1. The molecular weight excluding hydrogens is 256 g/mol. The Kier molecular flexibility index (Phi) is 3.43. The summed E-state index contributed by atoms with van der Waals surface area (Å²) in [6.45, 7) is 1.35. The standard InChI is InChI=1S/C12H13ClN2O3/c1-14-5-6-15(7-10(14)16)9-4-2-3-8(13)11(9)12(17)18/h2-4H,5-7H2,1H3,(H,17,18). The van der Waals surface area contributed by atoms with E-state index in [2.05, 4.69) is 0 Å². The van der Waals surface area contributed by atoms with Gasteiger partial charge in [0.1, 0.15) is 5.56 Å². The molecule has 6 heteroatoms. The number of nitrogens with zero attached hydrogens (tertiary/aromatic N) is 2. The third-order valence-corrected chi connectivity index (χ3v) is 3.32. The number of piperazine rings is 1. The summed E-state index contributed by atoms with van der Waals surface area (Å²) < 4.78 is 0. The molecule has 1 amide bonds. The smallest absolute Gasteiger partial charge is 0.339 e. The van der Waals surface area contributed by atoms with E-state index in [-0.39, 0.29) is 23.0 Å². The first-order valence-electron chi connectivity index (χ1n) is 5.51. The Labute approximate surface area is 110 Å². The molecule has 0 spiro atoms. The van der Waals surface area contributed by atoms with Crippen LogP contribution in [0.2, 0.25) is 5.02 Å². The van der Waals surface area contributed by atoms with E-state index in [1.807, 2.05) is 0 Å². The van der Waals surface area contributed by atoms with E-state index in [9.17, 15) is 14.7 Å². The highest BCUT2D eigenvalue weighted by Gasteiger charge is 2.25. The van der Waals surface area contributed by atoms with Gasteiger partial charge in [0.15, 0.2) is 0 Å². The molecule has 1 aromatic rings. The minimum Gasteiger partial charge on any atom is -0.478 e. The number of halogens is 1. The predicted molar refractivity (Wildman–Crippen MR) is 68.3 cm³/mol. The molecule has 1 fully saturated rings. The van der Waals surface area contributed by atoms with Crippen LogP contribution in [0.25, 0.3) is 0 Å². The number of hydrogen-bond donors (Lipinski definition) is 1. The fourth-order valence-electron chi connectivity index (χ4n) is 1.95. The molecule has 1 N–H and O–H groups in total. The number of benzene rings is 1. The second kappa shape index (κ2) is 4.86. The molecule has 0 bridgehead atoms. The van der Waals surface area contributed by atoms with Crippen LogP contribution in [0.1, 0.15) is 10.4 Å². The Morgan fingerprint density at radius 3 is 2.72 bits per heavy atom. The molecule has 1 saturated heterocycles. The van der Waals surface area contributed by atoms with Gasteiger partial charge in [-0.15, -0.1) is 0 Å². The number of aromatic carboxylic acids is 1. The summed E-state index contributed by atoms with van der Waals surface area (Å²) in [5.74, 6) is -1.11. The summed E-state index contributed by atoms with van der Waals surface area (Å²) in [6, 6.07) is 4.90. The van der Waals surface area contributed by atoms with Gasteiger partial charge in [-0.1, -0.05) is 17.7 Å². The first kappa shape index (κ1) is 12.7. The molecule has 2 rings (SSSR count). The maximum atomic E-state index is 11.6. The van der Waals surface area contributed by atoms with Crippen LogP contribution in [0, 0.1) is 0 Å². The van der Waals surface area contributed by atoms with Gasteiger partial charge in [-0.3, -0.25) is 4.79 Å². The maximum Gasteiger partial charge on any atom is 0.339 e. The SMILES string of the molecule is CN1CCN(c2cccc(Cl)c2C(=O)O)CC1=O. The molecule has 96 valence electrons. The number of carbonyl (C=O) groups excluding carboxylic acids is 1. The topological polar surface area (TPSA) is 60.9 Å². The van der Waals surface area contributed by atoms with Crippen molar-refractivity contribution < 1.29 is 14.7 Å².